The maximum Gasteiger partial charge on any atom is 0.472 e. The van der Waals surface area contributed by atoms with Crippen LogP contribution in [0.5, 0.6) is 0 Å². The van der Waals surface area contributed by atoms with Crippen LogP contribution in [0.2, 0.25) is 0 Å². The van der Waals surface area contributed by atoms with Gasteiger partial charge in [-0.05, 0) is 43.4 Å². The number of rotatable bonds is 77. The molecular formula is C79H154O17P2. The molecule has 19 heteroatoms. The molecule has 0 aliphatic carbocycles. The summed E-state index contributed by atoms with van der Waals surface area (Å²) in [7, 11) is -9.91. The van der Waals surface area contributed by atoms with E-state index in [0.29, 0.717) is 25.7 Å². The SMILES string of the molecule is CCCCCCCCCCCC(=O)OC[C@H](COP(=O)(O)OC[C@H](O)COP(=O)(O)OC[C@@H](COC(=O)CCCCCCCCCCCCCCCC(C)C)OC(=O)CCCCCCCCCCCCCCCCCCCCC(C)C)OC(=O)CCCCCCCCCCCC(C)C. The van der Waals surface area contributed by atoms with E-state index in [1.807, 2.05) is 0 Å². The van der Waals surface area contributed by atoms with E-state index in [-0.39, 0.29) is 25.7 Å². The molecule has 0 aromatic heterocycles. The highest BCUT2D eigenvalue weighted by molar-refractivity contribution is 7.47. The summed E-state index contributed by atoms with van der Waals surface area (Å²) in [5.74, 6) is 0.232. The minimum absolute atomic E-state index is 0.105. The van der Waals surface area contributed by atoms with Crippen LogP contribution in [-0.2, 0) is 65.4 Å². The second-order valence-electron chi connectivity index (χ2n) is 29.9. The van der Waals surface area contributed by atoms with Crippen LogP contribution < -0.4 is 0 Å². The minimum Gasteiger partial charge on any atom is -0.462 e. The fraction of sp³-hybridized carbons (Fsp3) is 0.949. The van der Waals surface area contributed by atoms with Gasteiger partial charge in [-0.2, -0.15) is 0 Å². The minimum atomic E-state index is -4.96. The number of carbonyl (C=O) groups is 4. The van der Waals surface area contributed by atoms with E-state index in [1.165, 1.54) is 218 Å². The molecule has 0 spiro atoms. The van der Waals surface area contributed by atoms with Crippen molar-refractivity contribution in [2.24, 2.45) is 17.8 Å². The molecule has 0 bridgehead atoms. The zero-order chi connectivity index (χ0) is 72.3. The summed E-state index contributed by atoms with van der Waals surface area (Å²) in [6.07, 6.45) is 57.0. The molecular weight excluding hydrogens is 1280 g/mol. The molecule has 0 saturated heterocycles. The molecule has 2 unspecified atom stereocenters. The quantitative estimate of drug-likeness (QED) is 0.0222. The Hall–Kier alpha value is -1.94. The van der Waals surface area contributed by atoms with E-state index < -0.39 is 97.5 Å². The predicted molar refractivity (Wildman–Crippen MR) is 400 cm³/mol. The molecule has 98 heavy (non-hydrogen) atoms. The molecule has 0 heterocycles. The lowest BCUT2D eigenvalue weighted by Crippen LogP contribution is -2.30. The first-order chi connectivity index (χ1) is 47.2. The maximum atomic E-state index is 13.1. The topological polar surface area (TPSA) is 237 Å². The first-order valence-corrected chi connectivity index (χ1v) is 43.8. The summed E-state index contributed by atoms with van der Waals surface area (Å²) in [5.41, 5.74) is 0. The number of aliphatic hydroxyl groups is 1. The molecule has 0 radical (unpaired) electrons. The van der Waals surface area contributed by atoms with Crippen LogP contribution in [-0.4, -0.2) is 96.7 Å². The Morgan fingerprint density at radius 2 is 0.469 bits per heavy atom. The zero-order valence-electron chi connectivity index (χ0n) is 64.3. The van der Waals surface area contributed by atoms with Crippen LogP contribution in [0.4, 0.5) is 0 Å². The first-order valence-electron chi connectivity index (χ1n) is 40.8. The smallest absolute Gasteiger partial charge is 0.462 e. The molecule has 0 saturated carbocycles. The third-order valence-electron chi connectivity index (χ3n) is 18.4. The largest absolute Gasteiger partial charge is 0.472 e. The summed E-state index contributed by atoms with van der Waals surface area (Å²) >= 11 is 0. The van der Waals surface area contributed by atoms with Gasteiger partial charge in [-0.15, -0.1) is 0 Å². The molecule has 0 aromatic carbocycles. The van der Waals surface area contributed by atoms with Gasteiger partial charge in [0.05, 0.1) is 26.4 Å². The highest BCUT2D eigenvalue weighted by atomic mass is 31.2. The highest BCUT2D eigenvalue weighted by Gasteiger charge is 2.30. The van der Waals surface area contributed by atoms with Crippen molar-refractivity contribution in [3.63, 3.8) is 0 Å². The number of hydrogen-bond acceptors (Lipinski definition) is 15. The van der Waals surface area contributed by atoms with Crippen molar-refractivity contribution in [1.82, 2.24) is 0 Å². The van der Waals surface area contributed by atoms with Crippen LogP contribution >= 0.6 is 15.6 Å². The number of ether oxygens (including phenoxy) is 4. The molecule has 0 rings (SSSR count). The summed E-state index contributed by atoms with van der Waals surface area (Å²) < 4.78 is 68.6. The Kier molecular flexibility index (Phi) is 68.1. The van der Waals surface area contributed by atoms with Crippen molar-refractivity contribution in [2.45, 2.75) is 426 Å². The van der Waals surface area contributed by atoms with E-state index in [0.717, 1.165) is 108 Å². The molecule has 582 valence electrons. The highest BCUT2D eigenvalue weighted by Crippen LogP contribution is 2.45. The van der Waals surface area contributed by atoms with E-state index in [2.05, 4.69) is 48.5 Å². The Balaban J connectivity index is 5.20. The van der Waals surface area contributed by atoms with Gasteiger partial charge in [-0.25, -0.2) is 9.13 Å². The van der Waals surface area contributed by atoms with Crippen LogP contribution in [0, 0.1) is 17.8 Å². The Morgan fingerprint density at radius 1 is 0.276 bits per heavy atom. The second-order valence-corrected chi connectivity index (χ2v) is 32.8. The molecule has 0 amide bonds. The van der Waals surface area contributed by atoms with Gasteiger partial charge in [0, 0.05) is 25.7 Å². The van der Waals surface area contributed by atoms with Crippen LogP contribution in [0.25, 0.3) is 0 Å². The molecule has 0 aromatic rings. The van der Waals surface area contributed by atoms with Gasteiger partial charge < -0.3 is 33.8 Å². The summed E-state index contributed by atoms with van der Waals surface area (Å²) in [5, 5.41) is 10.6. The molecule has 5 atom stereocenters. The van der Waals surface area contributed by atoms with E-state index in [9.17, 15) is 43.2 Å². The number of phosphoric ester groups is 2. The summed E-state index contributed by atoms with van der Waals surface area (Å²) in [6.45, 7) is 11.9. The molecule has 3 N–H and O–H groups in total. The van der Waals surface area contributed by atoms with E-state index >= 15 is 0 Å². The Bertz CT molecular complexity index is 1900. The molecule has 0 fully saturated rings. The normalized spacial score (nSPS) is 14.0. The van der Waals surface area contributed by atoms with Crippen molar-refractivity contribution in [1.29, 1.82) is 0 Å². The van der Waals surface area contributed by atoms with Crippen molar-refractivity contribution in [2.75, 3.05) is 39.6 Å². The van der Waals surface area contributed by atoms with Gasteiger partial charge in [-0.3, -0.25) is 37.3 Å². The number of esters is 4. The van der Waals surface area contributed by atoms with Gasteiger partial charge in [0.1, 0.15) is 19.3 Å². The number of phosphoric acid groups is 2. The Labute approximate surface area is 600 Å². The van der Waals surface area contributed by atoms with E-state index in [4.69, 9.17) is 37.0 Å². The zero-order valence-corrected chi connectivity index (χ0v) is 66.0. The van der Waals surface area contributed by atoms with Crippen molar-refractivity contribution in [3.05, 3.63) is 0 Å². The van der Waals surface area contributed by atoms with Gasteiger partial charge in [-0.1, -0.05) is 357 Å². The molecule has 0 aliphatic heterocycles. The Morgan fingerprint density at radius 3 is 0.694 bits per heavy atom. The van der Waals surface area contributed by atoms with Crippen LogP contribution in [0.1, 0.15) is 408 Å². The standard InChI is InChI=1S/C79H154O17P2/c1-8-9-10-11-12-29-39-46-53-60-76(81)89-66-74(96-79(84)63-56-49-42-35-28-32-38-45-52-59-72(6)7)68-93-97(85,86)91-64-73(80)65-92-98(87,88)94-69-75(67-90-77(82)61-54-47-40-33-26-23-19-21-25-31-37-44-51-58-71(4)5)95-78(83)62-55-48-41-34-27-22-18-16-14-13-15-17-20-24-30-36-43-50-57-70(2)3/h70-75,80H,8-69H2,1-7H3,(H,85,86)(H,87,88)/t73-,74+,75+/m0/s1. The van der Waals surface area contributed by atoms with Crippen LogP contribution in [0.3, 0.4) is 0 Å². The number of aliphatic hydroxyl groups excluding tert-OH is 1. The average molecular weight is 1440 g/mol. The molecule has 0 aliphatic rings. The van der Waals surface area contributed by atoms with Gasteiger partial charge in [0.15, 0.2) is 12.2 Å². The van der Waals surface area contributed by atoms with Crippen molar-refractivity contribution in [3.8, 4) is 0 Å². The average Bonchev–Trinajstić information content (AvgIpc) is 1.07. The lowest BCUT2D eigenvalue weighted by molar-refractivity contribution is -0.161. The number of unbranched alkanes of at least 4 members (excludes halogenated alkanes) is 45. The second kappa shape index (κ2) is 69.4. The van der Waals surface area contributed by atoms with Crippen LogP contribution in [0.15, 0.2) is 0 Å². The fourth-order valence-corrected chi connectivity index (χ4v) is 13.7. The summed E-state index contributed by atoms with van der Waals surface area (Å²) in [4.78, 5) is 72.9. The lowest BCUT2D eigenvalue weighted by Gasteiger charge is -2.21. The predicted octanol–water partition coefficient (Wildman–Crippen LogP) is 23.4. The van der Waals surface area contributed by atoms with E-state index in [1.54, 1.807) is 0 Å². The third kappa shape index (κ3) is 72.4. The summed E-state index contributed by atoms with van der Waals surface area (Å²) in [6, 6.07) is 0. The number of hydrogen-bond donors (Lipinski definition) is 3. The monoisotopic (exact) mass is 1440 g/mol. The van der Waals surface area contributed by atoms with Gasteiger partial charge >= 0.3 is 39.5 Å². The maximum absolute atomic E-state index is 13.1. The van der Waals surface area contributed by atoms with Crippen molar-refractivity contribution < 1.29 is 80.2 Å². The molecule has 17 nitrogen and oxygen atoms in total. The first kappa shape index (κ1) is 96.1. The van der Waals surface area contributed by atoms with Gasteiger partial charge in [0.2, 0.25) is 0 Å². The fourth-order valence-electron chi connectivity index (χ4n) is 12.1. The van der Waals surface area contributed by atoms with Crippen molar-refractivity contribution >= 4 is 39.5 Å². The number of carbonyl (C=O) groups excluding carboxylic acids is 4. The van der Waals surface area contributed by atoms with Gasteiger partial charge in [0.25, 0.3) is 0 Å². The third-order valence-corrected chi connectivity index (χ3v) is 20.3. The lowest BCUT2D eigenvalue weighted by atomic mass is 10.0.